The molecule has 0 aliphatic heterocycles. The van der Waals surface area contributed by atoms with Gasteiger partial charge in [0.15, 0.2) is 11.6 Å². The van der Waals surface area contributed by atoms with E-state index in [9.17, 15) is 0 Å². The summed E-state index contributed by atoms with van der Waals surface area (Å²) in [4.78, 5) is 9.43. The van der Waals surface area contributed by atoms with Gasteiger partial charge in [-0.15, -0.1) is 0 Å². The van der Waals surface area contributed by atoms with Crippen molar-refractivity contribution in [2.45, 2.75) is 0 Å². The van der Waals surface area contributed by atoms with Gasteiger partial charge in [-0.25, -0.2) is 9.97 Å². The van der Waals surface area contributed by atoms with Gasteiger partial charge in [-0.1, -0.05) is 36.4 Å². The molecule has 4 aromatic rings. The fourth-order valence-corrected chi connectivity index (χ4v) is 2.56. The maximum atomic E-state index is 5.88. The molecule has 122 valence electrons. The van der Waals surface area contributed by atoms with Crippen LogP contribution in [0.25, 0.3) is 11.0 Å². The van der Waals surface area contributed by atoms with Crippen LogP contribution in [0.5, 0.6) is 0 Å². The van der Waals surface area contributed by atoms with E-state index < -0.39 is 0 Å². The van der Waals surface area contributed by atoms with Gasteiger partial charge in [0.1, 0.15) is 0 Å². The van der Waals surface area contributed by atoms with E-state index in [0.29, 0.717) is 17.3 Å². The van der Waals surface area contributed by atoms with Gasteiger partial charge in [0, 0.05) is 17.1 Å². The van der Waals surface area contributed by atoms with Crippen LogP contribution in [0.3, 0.4) is 0 Å². The lowest BCUT2D eigenvalue weighted by molar-refractivity contribution is 1.27. The summed E-state index contributed by atoms with van der Waals surface area (Å²) in [6.45, 7) is 0. The number of hydrogen-bond acceptors (Lipinski definition) is 5. The van der Waals surface area contributed by atoms with Gasteiger partial charge in [-0.05, 0) is 42.5 Å². The molecule has 4 N–H and O–H groups in total. The number of anilines is 5. The van der Waals surface area contributed by atoms with Gasteiger partial charge in [0.05, 0.1) is 11.0 Å². The third-order valence-corrected chi connectivity index (χ3v) is 3.76. The highest BCUT2D eigenvalue weighted by atomic mass is 15.1. The quantitative estimate of drug-likeness (QED) is 0.474. The number of para-hydroxylation sites is 2. The summed E-state index contributed by atoms with van der Waals surface area (Å²) >= 11 is 0. The van der Waals surface area contributed by atoms with Crippen LogP contribution in [0, 0.1) is 0 Å². The van der Waals surface area contributed by atoms with Crippen LogP contribution >= 0.6 is 0 Å². The molecule has 0 saturated heterocycles. The van der Waals surface area contributed by atoms with Crippen LogP contribution in [-0.2, 0) is 0 Å². The first-order valence-corrected chi connectivity index (χ1v) is 7.99. The lowest BCUT2D eigenvalue weighted by Gasteiger charge is -2.13. The summed E-state index contributed by atoms with van der Waals surface area (Å²) in [5, 5.41) is 6.66. The first-order chi connectivity index (χ1) is 12.3. The fourth-order valence-electron chi connectivity index (χ4n) is 2.56. The molecule has 0 bridgehead atoms. The van der Waals surface area contributed by atoms with Crippen LogP contribution in [-0.4, -0.2) is 9.97 Å². The zero-order valence-electron chi connectivity index (χ0n) is 13.5. The van der Waals surface area contributed by atoms with E-state index in [1.165, 1.54) is 0 Å². The van der Waals surface area contributed by atoms with Crippen LogP contribution in [0.2, 0.25) is 0 Å². The van der Waals surface area contributed by atoms with Gasteiger partial charge in [-0.2, -0.15) is 0 Å². The van der Waals surface area contributed by atoms with Gasteiger partial charge in [-0.3, -0.25) is 0 Å². The Morgan fingerprint density at radius 2 is 1.12 bits per heavy atom. The monoisotopic (exact) mass is 327 g/mol. The number of fused-ring (bicyclic) bond motifs is 1. The highest BCUT2D eigenvalue weighted by Gasteiger charge is 2.10. The first-order valence-electron chi connectivity index (χ1n) is 7.99. The van der Waals surface area contributed by atoms with Gasteiger partial charge in [0.2, 0.25) is 0 Å². The molecule has 0 saturated carbocycles. The molecule has 0 aliphatic carbocycles. The predicted octanol–water partition coefficient (Wildman–Crippen LogP) is 4.70. The average Bonchev–Trinajstić information content (AvgIpc) is 2.64. The summed E-state index contributed by atoms with van der Waals surface area (Å²) in [7, 11) is 0. The number of nitrogen functional groups attached to an aromatic ring is 1. The molecule has 5 nitrogen and oxygen atoms in total. The summed E-state index contributed by atoms with van der Waals surface area (Å²) in [6, 6.07) is 25.3. The number of nitrogens with two attached hydrogens (primary N) is 1. The summed E-state index contributed by atoms with van der Waals surface area (Å²) < 4.78 is 0. The Balaban J connectivity index is 1.80. The Kier molecular flexibility index (Phi) is 3.88. The highest BCUT2D eigenvalue weighted by molar-refractivity contribution is 5.85. The van der Waals surface area contributed by atoms with E-state index in [1.54, 1.807) is 0 Å². The predicted molar refractivity (Wildman–Crippen MR) is 103 cm³/mol. The Labute approximate surface area is 145 Å². The number of rotatable bonds is 4. The van der Waals surface area contributed by atoms with Crippen LogP contribution in [0.15, 0.2) is 78.9 Å². The minimum atomic E-state index is 0.646. The summed E-state index contributed by atoms with van der Waals surface area (Å²) in [5.41, 5.74) is 9.97. The van der Waals surface area contributed by atoms with Crippen molar-refractivity contribution in [3.8, 4) is 0 Å². The maximum Gasteiger partial charge on any atom is 0.174 e. The molecule has 0 fully saturated rings. The van der Waals surface area contributed by atoms with E-state index in [2.05, 4.69) is 10.6 Å². The lowest BCUT2D eigenvalue weighted by atomic mass is 10.2. The molecule has 0 amide bonds. The first kappa shape index (κ1) is 15.0. The average molecular weight is 327 g/mol. The zero-order valence-corrected chi connectivity index (χ0v) is 13.5. The standard InChI is InChI=1S/C20H17N5/c21-14-11-12-17-18(13-14)25-20(23-16-9-5-2-6-10-16)19(24-17)22-15-7-3-1-4-8-15/h1-13H,21H2,(H,22,24)(H,23,25). The van der Waals surface area contributed by atoms with Gasteiger partial charge < -0.3 is 16.4 Å². The number of benzene rings is 3. The fraction of sp³-hybridized carbons (Fsp3) is 0. The van der Waals surface area contributed by atoms with Crippen LogP contribution in [0.1, 0.15) is 0 Å². The van der Waals surface area contributed by atoms with Crippen LogP contribution < -0.4 is 16.4 Å². The second kappa shape index (κ2) is 6.49. The minimum Gasteiger partial charge on any atom is -0.399 e. The third-order valence-electron chi connectivity index (χ3n) is 3.76. The lowest BCUT2D eigenvalue weighted by Crippen LogP contribution is -2.03. The Morgan fingerprint density at radius 1 is 0.600 bits per heavy atom. The molecule has 0 aliphatic rings. The topological polar surface area (TPSA) is 75.9 Å². The molecule has 1 aromatic heterocycles. The van der Waals surface area contributed by atoms with E-state index in [0.717, 1.165) is 22.4 Å². The highest BCUT2D eigenvalue weighted by Crippen LogP contribution is 2.28. The smallest absolute Gasteiger partial charge is 0.174 e. The van der Waals surface area contributed by atoms with Crippen molar-refractivity contribution in [3.05, 3.63) is 78.9 Å². The molecular formula is C20H17N5. The van der Waals surface area contributed by atoms with Crippen molar-refractivity contribution >= 4 is 39.7 Å². The second-order valence-electron chi connectivity index (χ2n) is 5.65. The molecular weight excluding hydrogens is 310 g/mol. The van der Waals surface area contributed by atoms with Crippen molar-refractivity contribution in [3.63, 3.8) is 0 Å². The summed E-state index contributed by atoms with van der Waals surface area (Å²) in [5.74, 6) is 1.31. The molecule has 0 atom stereocenters. The van der Waals surface area contributed by atoms with Crippen molar-refractivity contribution < 1.29 is 0 Å². The number of nitrogens with one attached hydrogen (secondary N) is 2. The zero-order chi connectivity index (χ0) is 17.1. The molecule has 3 aromatic carbocycles. The van der Waals surface area contributed by atoms with Crippen molar-refractivity contribution in [1.82, 2.24) is 9.97 Å². The van der Waals surface area contributed by atoms with E-state index in [-0.39, 0.29) is 0 Å². The van der Waals surface area contributed by atoms with E-state index in [1.807, 2.05) is 78.9 Å². The Morgan fingerprint density at radius 3 is 1.68 bits per heavy atom. The molecule has 5 heteroatoms. The summed E-state index contributed by atoms with van der Waals surface area (Å²) in [6.07, 6.45) is 0. The number of nitrogens with zero attached hydrogens (tertiary/aromatic N) is 2. The van der Waals surface area contributed by atoms with Crippen molar-refractivity contribution in [2.75, 3.05) is 16.4 Å². The molecule has 1 heterocycles. The Hall–Kier alpha value is -3.60. The van der Waals surface area contributed by atoms with Crippen molar-refractivity contribution in [2.24, 2.45) is 0 Å². The number of aromatic nitrogens is 2. The minimum absolute atomic E-state index is 0.646. The van der Waals surface area contributed by atoms with Crippen molar-refractivity contribution in [1.29, 1.82) is 0 Å². The van der Waals surface area contributed by atoms with Gasteiger partial charge >= 0.3 is 0 Å². The second-order valence-corrected chi connectivity index (χ2v) is 5.65. The van der Waals surface area contributed by atoms with Gasteiger partial charge in [0.25, 0.3) is 0 Å². The van der Waals surface area contributed by atoms with Crippen LogP contribution in [0.4, 0.5) is 28.7 Å². The molecule has 4 rings (SSSR count). The Bertz CT molecular complexity index is 1000. The molecule has 25 heavy (non-hydrogen) atoms. The van der Waals surface area contributed by atoms with E-state index in [4.69, 9.17) is 15.7 Å². The normalized spacial score (nSPS) is 10.6. The molecule has 0 spiro atoms. The maximum absolute atomic E-state index is 5.88. The molecule has 0 unspecified atom stereocenters. The largest absolute Gasteiger partial charge is 0.399 e. The van der Waals surface area contributed by atoms with E-state index >= 15 is 0 Å². The number of hydrogen-bond donors (Lipinski definition) is 3. The SMILES string of the molecule is Nc1ccc2nc(Nc3ccccc3)c(Nc3ccccc3)nc2c1. The third kappa shape index (κ3) is 3.35. The molecule has 0 radical (unpaired) electrons.